The second-order valence-corrected chi connectivity index (χ2v) is 9.38. The third-order valence-electron chi connectivity index (χ3n) is 5.38. The first-order valence-electron chi connectivity index (χ1n) is 11.4. The molecule has 0 aliphatic carbocycles. The van der Waals surface area contributed by atoms with Gasteiger partial charge in [-0.25, -0.2) is 19.7 Å². The average Bonchev–Trinajstić information content (AvgIpc) is 3.17. The molecule has 1 aliphatic rings. The maximum atomic E-state index is 12.8. The molecule has 0 bridgehead atoms. The highest BCUT2D eigenvalue weighted by molar-refractivity contribution is 6.05. The Morgan fingerprint density at radius 1 is 1.09 bits per heavy atom. The van der Waals surface area contributed by atoms with Crippen molar-refractivity contribution in [2.24, 2.45) is 0 Å². The van der Waals surface area contributed by atoms with Crippen molar-refractivity contribution in [1.29, 1.82) is 0 Å². The van der Waals surface area contributed by atoms with Crippen LogP contribution in [0.5, 0.6) is 5.88 Å². The Morgan fingerprint density at radius 3 is 2.51 bits per heavy atom. The number of nitrogens with zero attached hydrogens (tertiary/aromatic N) is 6. The second kappa shape index (κ2) is 9.72. The number of nitrogens with one attached hydrogen (secondary N) is 2. The van der Waals surface area contributed by atoms with Crippen molar-refractivity contribution >= 4 is 29.4 Å². The summed E-state index contributed by atoms with van der Waals surface area (Å²) >= 11 is 0. The molecule has 4 heterocycles. The zero-order chi connectivity index (χ0) is 25.2. The lowest BCUT2D eigenvalue weighted by molar-refractivity contribution is 0.0210. The van der Waals surface area contributed by atoms with Gasteiger partial charge < -0.3 is 29.4 Å². The standard InChI is InChI=1S/C23H30N8O4/c1-14-12-31-13-17(24-11-18(31)26-14)28-19(32)16-10-25-21(29-20(16)34-5)27-15-6-8-30(9-7-15)22(33)35-23(2,3)4/h10-13,15H,6-9H2,1-5H3,(H,28,32)(H,25,27,29). The van der Waals surface area contributed by atoms with Gasteiger partial charge in [0.2, 0.25) is 11.8 Å². The molecule has 1 saturated heterocycles. The highest BCUT2D eigenvalue weighted by Gasteiger charge is 2.27. The lowest BCUT2D eigenvalue weighted by atomic mass is 10.1. The summed E-state index contributed by atoms with van der Waals surface area (Å²) in [6.07, 6.45) is 7.65. The van der Waals surface area contributed by atoms with Gasteiger partial charge in [-0.2, -0.15) is 4.98 Å². The minimum Gasteiger partial charge on any atom is -0.480 e. The third kappa shape index (κ3) is 5.94. The minimum absolute atomic E-state index is 0.0765. The van der Waals surface area contributed by atoms with Crippen LogP contribution in [0.25, 0.3) is 5.65 Å². The number of carbonyl (C=O) groups is 2. The fourth-order valence-corrected chi connectivity index (χ4v) is 3.74. The number of amides is 2. The van der Waals surface area contributed by atoms with Crippen LogP contribution >= 0.6 is 0 Å². The smallest absolute Gasteiger partial charge is 0.410 e. The van der Waals surface area contributed by atoms with E-state index in [1.807, 2.05) is 33.9 Å². The molecule has 2 amide bonds. The van der Waals surface area contributed by atoms with Crippen molar-refractivity contribution in [1.82, 2.24) is 29.2 Å². The molecule has 0 aromatic carbocycles. The number of anilines is 2. The number of ether oxygens (including phenoxy) is 2. The molecule has 0 radical (unpaired) electrons. The number of hydrogen-bond donors (Lipinski definition) is 2. The van der Waals surface area contributed by atoms with Crippen molar-refractivity contribution in [3.05, 3.63) is 36.0 Å². The van der Waals surface area contributed by atoms with Gasteiger partial charge in [-0.05, 0) is 40.5 Å². The number of rotatable bonds is 5. The Kier molecular flexibility index (Phi) is 6.72. The highest BCUT2D eigenvalue weighted by Crippen LogP contribution is 2.21. The van der Waals surface area contributed by atoms with Crippen molar-refractivity contribution in [2.75, 3.05) is 30.8 Å². The normalized spacial score (nSPS) is 14.6. The monoisotopic (exact) mass is 482 g/mol. The van der Waals surface area contributed by atoms with Gasteiger partial charge in [0.25, 0.3) is 5.91 Å². The summed E-state index contributed by atoms with van der Waals surface area (Å²) in [5.41, 5.74) is 1.20. The molecule has 3 aromatic rings. The molecule has 1 aliphatic heterocycles. The zero-order valence-corrected chi connectivity index (χ0v) is 20.5. The van der Waals surface area contributed by atoms with Crippen molar-refractivity contribution in [3.8, 4) is 5.88 Å². The predicted molar refractivity (Wildman–Crippen MR) is 129 cm³/mol. The van der Waals surface area contributed by atoms with Crippen LogP contribution in [0, 0.1) is 6.92 Å². The second-order valence-electron chi connectivity index (χ2n) is 9.38. The highest BCUT2D eigenvalue weighted by atomic mass is 16.6. The number of aromatic nitrogens is 5. The number of aryl methyl sites for hydroxylation is 1. The molecular weight excluding hydrogens is 452 g/mol. The van der Waals surface area contributed by atoms with Crippen LogP contribution in [-0.4, -0.2) is 73.1 Å². The maximum absolute atomic E-state index is 12.8. The molecule has 0 saturated carbocycles. The quantitative estimate of drug-likeness (QED) is 0.562. The Morgan fingerprint density at radius 2 is 1.83 bits per heavy atom. The molecule has 0 unspecified atom stereocenters. The van der Waals surface area contributed by atoms with Gasteiger partial charge in [0, 0.05) is 31.5 Å². The van der Waals surface area contributed by atoms with E-state index in [0.717, 1.165) is 18.5 Å². The number of hydrogen-bond acceptors (Lipinski definition) is 9. The van der Waals surface area contributed by atoms with Crippen LogP contribution in [0.4, 0.5) is 16.6 Å². The molecule has 0 spiro atoms. The minimum atomic E-state index is -0.522. The van der Waals surface area contributed by atoms with E-state index in [0.29, 0.717) is 30.5 Å². The van der Waals surface area contributed by atoms with Crippen molar-refractivity contribution in [2.45, 2.75) is 52.2 Å². The van der Waals surface area contributed by atoms with Crippen molar-refractivity contribution < 1.29 is 19.1 Å². The molecule has 0 atom stereocenters. The summed E-state index contributed by atoms with van der Waals surface area (Å²) in [7, 11) is 1.45. The molecule has 2 N–H and O–H groups in total. The van der Waals surface area contributed by atoms with E-state index in [-0.39, 0.29) is 23.6 Å². The van der Waals surface area contributed by atoms with Gasteiger partial charge in [0.15, 0.2) is 5.65 Å². The van der Waals surface area contributed by atoms with Gasteiger partial charge in [-0.15, -0.1) is 0 Å². The molecule has 35 heavy (non-hydrogen) atoms. The first-order valence-corrected chi connectivity index (χ1v) is 11.4. The van der Waals surface area contributed by atoms with E-state index in [2.05, 4.69) is 30.6 Å². The topological polar surface area (TPSA) is 136 Å². The molecule has 1 fully saturated rings. The molecule has 186 valence electrons. The molecule has 12 nitrogen and oxygen atoms in total. The number of methoxy groups -OCH3 is 1. The fourth-order valence-electron chi connectivity index (χ4n) is 3.74. The van der Waals surface area contributed by atoms with E-state index in [1.165, 1.54) is 13.3 Å². The van der Waals surface area contributed by atoms with Crippen LogP contribution in [0.1, 0.15) is 49.7 Å². The molecule has 3 aromatic heterocycles. The van der Waals surface area contributed by atoms with Gasteiger partial charge in [0.1, 0.15) is 17.0 Å². The Hall–Kier alpha value is -3.96. The summed E-state index contributed by atoms with van der Waals surface area (Å²) in [4.78, 5) is 44.0. The Labute approximate surface area is 203 Å². The van der Waals surface area contributed by atoms with Gasteiger partial charge >= 0.3 is 6.09 Å². The summed E-state index contributed by atoms with van der Waals surface area (Å²) < 4.78 is 12.6. The molecular formula is C23H30N8O4. The van der Waals surface area contributed by atoms with Gasteiger partial charge in [0.05, 0.1) is 25.2 Å². The largest absolute Gasteiger partial charge is 0.480 e. The van der Waals surface area contributed by atoms with Gasteiger partial charge in [-0.3, -0.25) is 4.79 Å². The summed E-state index contributed by atoms with van der Waals surface area (Å²) in [6.45, 7) is 8.57. The fraction of sp³-hybridized carbons (Fsp3) is 0.478. The Bertz CT molecular complexity index is 1230. The lowest BCUT2D eigenvalue weighted by Crippen LogP contribution is -2.44. The number of fused-ring (bicyclic) bond motifs is 1. The summed E-state index contributed by atoms with van der Waals surface area (Å²) in [5, 5.41) is 6.00. The van der Waals surface area contributed by atoms with Crippen LogP contribution < -0.4 is 15.4 Å². The SMILES string of the molecule is COc1nc(NC2CCN(C(=O)OC(C)(C)C)CC2)ncc1C(=O)Nc1cn2cc(C)nc2cn1. The third-order valence-corrected chi connectivity index (χ3v) is 5.38. The van der Waals surface area contributed by atoms with E-state index >= 15 is 0 Å². The number of likely N-dealkylation sites (tertiary alicyclic amines) is 1. The molecule has 4 rings (SSSR count). The first kappa shape index (κ1) is 24.2. The van der Waals surface area contributed by atoms with E-state index in [4.69, 9.17) is 9.47 Å². The maximum Gasteiger partial charge on any atom is 0.410 e. The van der Waals surface area contributed by atoms with E-state index in [1.54, 1.807) is 21.7 Å². The number of imidazole rings is 1. The Balaban J connectivity index is 1.37. The van der Waals surface area contributed by atoms with E-state index < -0.39 is 11.5 Å². The summed E-state index contributed by atoms with van der Waals surface area (Å²) in [6, 6.07) is 0.0765. The van der Waals surface area contributed by atoms with E-state index in [9.17, 15) is 9.59 Å². The van der Waals surface area contributed by atoms with Crippen LogP contribution in [-0.2, 0) is 4.74 Å². The number of piperidine rings is 1. The van der Waals surface area contributed by atoms with Crippen molar-refractivity contribution in [3.63, 3.8) is 0 Å². The van der Waals surface area contributed by atoms with Crippen LogP contribution in [0.15, 0.2) is 24.8 Å². The zero-order valence-electron chi connectivity index (χ0n) is 20.5. The predicted octanol–water partition coefficient (Wildman–Crippen LogP) is 2.90. The van der Waals surface area contributed by atoms with Gasteiger partial charge in [-0.1, -0.05) is 0 Å². The van der Waals surface area contributed by atoms with Crippen LogP contribution in [0.2, 0.25) is 0 Å². The molecule has 12 heteroatoms. The van der Waals surface area contributed by atoms with Crippen LogP contribution in [0.3, 0.4) is 0 Å². The summed E-state index contributed by atoms with van der Waals surface area (Å²) in [5.74, 6) is 0.414. The first-order chi connectivity index (χ1) is 16.6. The number of carbonyl (C=O) groups excluding carboxylic acids is 2. The average molecular weight is 483 g/mol. The lowest BCUT2D eigenvalue weighted by Gasteiger charge is -2.33.